The lowest BCUT2D eigenvalue weighted by Gasteiger charge is -2.19. The van der Waals surface area contributed by atoms with Crippen LogP contribution in [0.15, 0.2) is 4.99 Å². The first-order valence-corrected chi connectivity index (χ1v) is 2.98. The zero-order valence-corrected chi connectivity index (χ0v) is 5.66. The lowest BCUT2D eigenvalue weighted by atomic mass is 10.1. The smallest absolute Gasteiger partial charge is 0.232 e. The molecule has 3 heteroatoms. The topological polar surface area (TPSA) is 32.7 Å². The summed E-state index contributed by atoms with van der Waals surface area (Å²) in [4.78, 5) is 16.5. The van der Waals surface area contributed by atoms with Gasteiger partial charge in [-0.1, -0.05) is 6.92 Å². The fraction of sp³-hybridized carbons (Fsp3) is 0.667. The van der Waals surface area contributed by atoms with Crippen molar-refractivity contribution in [2.45, 2.75) is 6.92 Å². The summed E-state index contributed by atoms with van der Waals surface area (Å²) in [6, 6.07) is 0. The maximum absolute atomic E-state index is 11.0. The van der Waals surface area contributed by atoms with E-state index in [0.29, 0.717) is 6.54 Å². The minimum Gasteiger partial charge on any atom is -0.306 e. The fourth-order valence-corrected chi connectivity index (χ4v) is 0.810. The van der Waals surface area contributed by atoms with E-state index in [9.17, 15) is 4.79 Å². The van der Waals surface area contributed by atoms with Crippen molar-refractivity contribution in [3.8, 4) is 0 Å². The lowest BCUT2D eigenvalue weighted by molar-refractivity contribution is -0.130. The predicted octanol–water partition coefficient (Wildman–Crippen LogP) is 0.123. The quantitative estimate of drug-likeness (QED) is 0.454. The highest BCUT2D eigenvalue weighted by Crippen LogP contribution is 2.03. The van der Waals surface area contributed by atoms with Gasteiger partial charge in [-0.25, -0.2) is 0 Å². The molecule has 1 heterocycles. The molecule has 1 aliphatic heterocycles. The van der Waals surface area contributed by atoms with Crippen molar-refractivity contribution in [2.75, 3.05) is 13.6 Å². The number of amides is 1. The molecule has 1 unspecified atom stereocenters. The minimum atomic E-state index is 0.0694. The molecule has 50 valence electrons. The van der Waals surface area contributed by atoms with E-state index in [0.717, 1.165) is 0 Å². The summed E-state index contributed by atoms with van der Waals surface area (Å²) in [5, 5.41) is 0. The second kappa shape index (κ2) is 2.17. The highest BCUT2D eigenvalue weighted by molar-refractivity contribution is 5.90. The summed E-state index contributed by atoms with van der Waals surface area (Å²) in [5.74, 6) is 0.227. The van der Waals surface area contributed by atoms with Gasteiger partial charge in [0.2, 0.25) is 5.91 Å². The Balaban J connectivity index is 2.69. The van der Waals surface area contributed by atoms with Crippen LogP contribution in [-0.4, -0.2) is 30.7 Å². The molecule has 0 aromatic carbocycles. The van der Waals surface area contributed by atoms with Crippen molar-refractivity contribution in [3.05, 3.63) is 0 Å². The van der Waals surface area contributed by atoms with Gasteiger partial charge in [-0.2, -0.15) is 0 Å². The number of hydrogen-bond acceptors (Lipinski definition) is 2. The van der Waals surface area contributed by atoms with Crippen LogP contribution in [0.5, 0.6) is 0 Å². The first-order chi connectivity index (χ1) is 4.22. The van der Waals surface area contributed by atoms with Gasteiger partial charge in [-0.05, 0) is 0 Å². The maximum Gasteiger partial charge on any atom is 0.232 e. The zero-order chi connectivity index (χ0) is 6.85. The number of carbonyl (C=O) groups excluding carboxylic acids is 1. The third-order valence-corrected chi connectivity index (χ3v) is 1.40. The Morgan fingerprint density at radius 2 is 2.56 bits per heavy atom. The number of hydrogen-bond donors (Lipinski definition) is 0. The largest absolute Gasteiger partial charge is 0.306 e. The Kier molecular flexibility index (Phi) is 1.51. The average molecular weight is 126 g/mol. The number of nitrogens with zero attached hydrogens (tertiary/aromatic N) is 2. The molecule has 0 spiro atoms. The second-order valence-electron chi connectivity index (χ2n) is 2.33. The molecule has 1 amide bonds. The summed E-state index contributed by atoms with van der Waals surface area (Å²) in [5.41, 5.74) is 0. The van der Waals surface area contributed by atoms with E-state index >= 15 is 0 Å². The molecule has 0 saturated heterocycles. The van der Waals surface area contributed by atoms with Crippen LogP contribution in [0.3, 0.4) is 0 Å². The third kappa shape index (κ3) is 1.09. The molecule has 3 nitrogen and oxygen atoms in total. The standard InChI is InChI=1S/C6H10N2O/c1-5-3-7-4-8(2)6(5)9/h4-5H,3H2,1-2H3. The number of aliphatic imine (C=N–C) groups is 1. The highest BCUT2D eigenvalue weighted by atomic mass is 16.2. The maximum atomic E-state index is 11.0. The molecule has 0 bridgehead atoms. The van der Waals surface area contributed by atoms with E-state index in [4.69, 9.17) is 0 Å². The molecular weight excluding hydrogens is 116 g/mol. The molecule has 0 N–H and O–H groups in total. The van der Waals surface area contributed by atoms with Gasteiger partial charge >= 0.3 is 0 Å². The molecule has 1 aliphatic rings. The molecule has 1 rings (SSSR count). The molecule has 0 aromatic rings. The van der Waals surface area contributed by atoms with Crippen LogP contribution in [0.1, 0.15) is 6.92 Å². The first kappa shape index (κ1) is 6.26. The summed E-state index contributed by atoms with van der Waals surface area (Å²) in [6.07, 6.45) is 1.57. The average Bonchev–Trinajstić information content (AvgIpc) is 1.83. The van der Waals surface area contributed by atoms with Gasteiger partial charge in [0.25, 0.3) is 0 Å². The Morgan fingerprint density at radius 3 is 3.00 bits per heavy atom. The number of carbonyl (C=O) groups is 1. The zero-order valence-electron chi connectivity index (χ0n) is 5.66. The van der Waals surface area contributed by atoms with Gasteiger partial charge in [0.1, 0.15) is 0 Å². The Labute approximate surface area is 54.4 Å². The van der Waals surface area contributed by atoms with Crippen LogP contribution in [0.2, 0.25) is 0 Å². The van der Waals surface area contributed by atoms with Crippen molar-refractivity contribution in [1.29, 1.82) is 0 Å². The second-order valence-corrected chi connectivity index (χ2v) is 2.33. The van der Waals surface area contributed by atoms with Crippen molar-refractivity contribution >= 4 is 12.2 Å². The van der Waals surface area contributed by atoms with Crippen LogP contribution >= 0.6 is 0 Å². The molecule has 0 radical (unpaired) electrons. The molecule has 1 atom stereocenters. The molecule has 0 saturated carbocycles. The molecular formula is C6H10N2O. The summed E-state index contributed by atoms with van der Waals surface area (Å²) in [7, 11) is 1.72. The van der Waals surface area contributed by atoms with Crippen LogP contribution in [0.25, 0.3) is 0 Å². The van der Waals surface area contributed by atoms with Crippen LogP contribution < -0.4 is 0 Å². The summed E-state index contributed by atoms with van der Waals surface area (Å²) < 4.78 is 0. The van der Waals surface area contributed by atoms with Crippen LogP contribution in [0.4, 0.5) is 0 Å². The summed E-state index contributed by atoms with van der Waals surface area (Å²) >= 11 is 0. The lowest BCUT2D eigenvalue weighted by Crippen LogP contribution is -2.35. The van der Waals surface area contributed by atoms with Crippen LogP contribution in [0, 0.1) is 5.92 Å². The van der Waals surface area contributed by atoms with E-state index < -0.39 is 0 Å². The Bertz CT molecular complexity index is 153. The minimum absolute atomic E-state index is 0.0694. The molecule has 0 aromatic heterocycles. The number of rotatable bonds is 0. The van der Waals surface area contributed by atoms with E-state index in [1.54, 1.807) is 13.4 Å². The van der Waals surface area contributed by atoms with Crippen molar-refractivity contribution in [2.24, 2.45) is 10.9 Å². The van der Waals surface area contributed by atoms with Crippen molar-refractivity contribution < 1.29 is 4.79 Å². The Morgan fingerprint density at radius 1 is 1.89 bits per heavy atom. The SMILES string of the molecule is CC1CN=CN(C)C1=O. The summed E-state index contributed by atoms with van der Waals surface area (Å²) in [6.45, 7) is 2.53. The molecule has 9 heavy (non-hydrogen) atoms. The van der Waals surface area contributed by atoms with Crippen molar-refractivity contribution in [3.63, 3.8) is 0 Å². The van der Waals surface area contributed by atoms with E-state index in [2.05, 4.69) is 4.99 Å². The highest BCUT2D eigenvalue weighted by Gasteiger charge is 2.18. The molecule has 0 aliphatic carbocycles. The van der Waals surface area contributed by atoms with Crippen LogP contribution in [-0.2, 0) is 4.79 Å². The normalized spacial score (nSPS) is 27.1. The Hall–Kier alpha value is -0.860. The predicted molar refractivity (Wildman–Crippen MR) is 35.3 cm³/mol. The van der Waals surface area contributed by atoms with E-state index in [1.807, 2.05) is 6.92 Å². The first-order valence-electron chi connectivity index (χ1n) is 2.98. The van der Waals surface area contributed by atoms with Gasteiger partial charge in [0.05, 0.1) is 18.8 Å². The van der Waals surface area contributed by atoms with Gasteiger partial charge in [0, 0.05) is 7.05 Å². The van der Waals surface area contributed by atoms with Gasteiger partial charge < -0.3 is 4.90 Å². The van der Waals surface area contributed by atoms with Gasteiger partial charge in [-0.15, -0.1) is 0 Å². The third-order valence-electron chi connectivity index (χ3n) is 1.40. The molecule has 0 fully saturated rings. The monoisotopic (exact) mass is 126 g/mol. The van der Waals surface area contributed by atoms with Gasteiger partial charge in [0.15, 0.2) is 0 Å². The van der Waals surface area contributed by atoms with E-state index in [-0.39, 0.29) is 11.8 Å². The van der Waals surface area contributed by atoms with Gasteiger partial charge in [-0.3, -0.25) is 9.79 Å². The van der Waals surface area contributed by atoms with E-state index in [1.165, 1.54) is 4.90 Å². The fourth-order valence-electron chi connectivity index (χ4n) is 0.810. The van der Waals surface area contributed by atoms with Crippen molar-refractivity contribution in [1.82, 2.24) is 4.90 Å².